The quantitative estimate of drug-likeness (QED) is 0.577. The zero-order valence-electron chi connectivity index (χ0n) is 17.3. The summed E-state index contributed by atoms with van der Waals surface area (Å²) in [4.78, 5) is 10.3. The fourth-order valence-electron chi connectivity index (χ4n) is 3.75. The molecule has 32 heavy (non-hydrogen) atoms. The Bertz CT molecular complexity index is 1230. The van der Waals surface area contributed by atoms with Crippen molar-refractivity contribution in [3.05, 3.63) is 119 Å². The lowest BCUT2D eigenvalue weighted by Crippen LogP contribution is -3.08. The third kappa shape index (κ3) is 4.41. The molecule has 0 aliphatic carbocycles. The summed E-state index contributed by atoms with van der Waals surface area (Å²) in [6, 6.07) is 26.0. The van der Waals surface area contributed by atoms with Gasteiger partial charge in [0.05, 0.1) is 24.6 Å². The van der Waals surface area contributed by atoms with Gasteiger partial charge in [-0.15, -0.1) is 0 Å². The van der Waals surface area contributed by atoms with Gasteiger partial charge in [-0.05, 0) is 35.4 Å². The van der Waals surface area contributed by atoms with Crippen molar-refractivity contribution in [3.63, 3.8) is 0 Å². The monoisotopic (exact) mass is 443 g/mol. The maximum Gasteiger partial charge on any atom is 0.244 e. The molecule has 160 valence electrons. The molecule has 6 heteroatoms. The first kappa shape index (κ1) is 21.7. The van der Waals surface area contributed by atoms with E-state index in [-0.39, 0.29) is 19.0 Å². The van der Waals surface area contributed by atoms with E-state index in [0.29, 0.717) is 6.61 Å². The van der Waals surface area contributed by atoms with Crippen molar-refractivity contribution in [3.8, 4) is 5.75 Å². The van der Waals surface area contributed by atoms with Gasteiger partial charge in [0.2, 0.25) is 5.84 Å². The molecule has 0 saturated carbocycles. The number of nitrogens with zero attached hydrogens (tertiary/aromatic N) is 2. The van der Waals surface area contributed by atoms with E-state index >= 15 is 0 Å². The maximum absolute atomic E-state index is 9.52. The number of amidine groups is 1. The number of hydrogen-bond donors (Lipinski definition) is 2. The topological polar surface area (TPSA) is 58.6 Å². The lowest BCUT2D eigenvalue weighted by atomic mass is 10.1. The Morgan fingerprint density at radius 1 is 0.844 bits per heavy atom. The van der Waals surface area contributed by atoms with Gasteiger partial charge >= 0.3 is 0 Å². The maximum atomic E-state index is 9.52. The van der Waals surface area contributed by atoms with E-state index in [0.717, 1.165) is 50.1 Å². The lowest BCUT2D eigenvalue weighted by Gasteiger charge is -2.14. The number of nitrogens with one attached hydrogen (secondary N) is 1. The van der Waals surface area contributed by atoms with Crippen LogP contribution >= 0.6 is 0 Å². The van der Waals surface area contributed by atoms with Crippen LogP contribution in [0.4, 0.5) is 0 Å². The van der Waals surface area contributed by atoms with E-state index in [2.05, 4.69) is 17.1 Å². The number of benzene rings is 3. The number of aliphatic hydroxyl groups is 1. The number of halogens is 1. The summed E-state index contributed by atoms with van der Waals surface area (Å²) >= 11 is 0. The van der Waals surface area contributed by atoms with Crippen molar-refractivity contribution >= 4 is 17.7 Å². The second-order valence-electron chi connectivity index (χ2n) is 7.39. The Morgan fingerprint density at radius 2 is 1.62 bits per heavy atom. The first-order valence-corrected chi connectivity index (χ1v) is 10.2. The molecule has 1 atom stereocenters. The van der Waals surface area contributed by atoms with Gasteiger partial charge in [-0.1, -0.05) is 54.6 Å². The molecule has 2 heterocycles. The molecule has 0 radical (unpaired) electrons. The highest BCUT2D eigenvalue weighted by molar-refractivity contribution is 6.05. The van der Waals surface area contributed by atoms with E-state index in [4.69, 9.17) is 9.73 Å². The van der Waals surface area contributed by atoms with Crippen LogP contribution in [0.1, 0.15) is 22.3 Å². The first-order chi connectivity index (χ1) is 15.3. The van der Waals surface area contributed by atoms with Crippen LogP contribution in [0.5, 0.6) is 5.75 Å². The van der Waals surface area contributed by atoms with Crippen molar-refractivity contribution in [1.82, 2.24) is 0 Å². The number of allylic oxidation sites excluding steroid dienone is 1. The minimum atomic E-state index is -0.00160. The number of quaternary nitrogens is 1. The number of aliphatic hydroxyl groups excluding tert-OH is 1. The lowest BCUT2D eigenvalue weighted by molar-refractivity contribution is -0.688. The standard InChI is InChI=1S/C26H21N3O2.ClH/c30-17-20-8-4-9-21(14-20)25-24-16-27-12-13-29(24)26(28-25)22-10-5-11-23(15-22)31-18-19-6-2-1-3-7-19;/h1-16,30H,17-18H2;1H. The van der Waals surface area contributed by atoms with Crippen molar-refractivity contribution in [2.24, 2.45) is 9.98 Å². The number of rotatable bonds is 6. The fraction of sp³-hybridized carbons (Fsp3) is 0.0769. The summed E-state index contributed by atoms with van der Waals surface area (Å²) in [7, 11) is 0. The van der Waals surface area contributed by atoms with Gasteiger partial charge in [0, 0.05) is 5.56 Å². The highest BCUT2D eigenvalue weighted by atomic mass is 35.5. The van der Waals surface area contributed by atoms with Crippen LogP contribution in [-0.2, 0) is 13.2 Å². The molecule has 0 aromatic heterocycles. The Balaban J connectivity index is 0.00000245. The van der Waals surface area contributed by atoms with E-state index < -0.39 is 0 Å². The normalized spacial score (nSPS) is 16.4. The van der Waals surface area contributed by atoms with Crippen molar-refractivity contribution in [2.45, 2.75) is 13.2 Å². The molecule has 2 N–H and O–H groups in total. The summed E-state index contributed by atoms with van der Waals surface area (Å²) < 4.78 is 6.02. The molecule has 0 spiro atoms. The molecule has 0 fully saturated rings. The molecule has 3 aromatic rings. The molecule has 5 nitrogen and oxygen atoms in total. The first-order valence-electron chi connectivity index (χ1n) is 10.2. The molecule has 5 rings (SSSR count). The molecule has 0 bridgehead atoms. The van der Waals surface area contributed by atoms with E-state index in [1.54, 1.807) is 6.20 Å². The summed E-state index contributed by atoms with van der Waals surface area (Å²) in [6.07, 6.45) is 5.63. The Kier molecular flexibility index (Phi) is 6.61. The summed E-state index contributed by atoms with van der Waals surface area (Å²) in [6.45, 7) is 0.515. The van der Waals surface area contributed by atoms with Crippen molar-refractivity contribution in [2.75, 3.05) is 0 Å². The van der Waals surface area contributed by atoms with Gasteiger partial charge in [-0.25, -0.2) is 4.90 Å². The zero-order chi connectivity index (χ0) is 21.0. The number of hydrogen-bond acceptors (Lipinski definition) is 4. The number of fused-ring (bicyclic) bond motifs is 1. The second kappa shape index (κ2) is 9.75. The van der Waals surface area contributed by atoms with Gasteiger partial charge < -0.3 is 22.3 Å². The number of ether oxygens (including phenoxy) is 1. The van der Waals surface area contributed by atoms with Crippen LogP contribution in [-0.4, -0.2) is 17.2 Å². The molecule has 0 amide bonds. The molecule has 2 aliphatic rings. The summed E-state index contributed by atoms with van der Waals surface area (Å²) in [5, 5.41) is 9.52. The highest BCUT2D eigenvalue weighted by Crippen LogP contribution is 2.25. The van der Waals surface area contributed by atoms with Gasteiger partial charge in [-0.3, -0.25) is 4.99 Å². The van der Waals surface area contributed by atoms with Gasteiger partial charge in [0.1, 0.15) is 24.3 Å². The highest BCUT2D eigenvalue weighted by Gasteiger charge is 2.33. The molecular weight excluding hydrogens is 422 g/mol. The van der Waals surface area contributed by atoms with Gasteiger partial charge in [0.15, 0.2) is 5.70 Å². The Morgan fingerprint density at radius 3 is 2.47 bits per heavy atom. The van der Waals surface area contributed by atoms with Crippen LogP contribution in [0, 0.1) is 0 Å². The Hall–Kier alpha value is -3.51. The fourth-order valence-corrected chi connectivity index (χ4v) is 3.75. The number of aliphatic imine (C=N–C) groups is 2. The minimum absolute atomic E-state index is 0. The van der Waals surface area contributed by atoms with Crippen LogP contribution in [0.3, 0.4) is 0 Å². The minimum Gasteiger partial charge on any atom is -1.00 e. The van der Waals surface area contributed by atoms with Gasteiger partial charge in [0.25, 0.3) is 0 Å². The van der Waals surface area contributed by atoms with E-state index in [1.807, 2.05) is 79.1 Å². The van der Waals surface area contributed by atoms with Crippen LogP contribution in [0.2, 0.25) is 0 Å². The molecule has 3 aromatic carbocycles. The van der Waals surface area contributed by atoms with Crippen molar-refractivity contribution < 1.29 is 27.2 Å². The Labute approximate surface area is 193 Å². The zero-order valence-corrected chi connectivity index (χ0v) is 18.0. The molecule has 0 saturated heterocycles. The predicted molar refractivity (Wildman–Crippen MR) is 122 cm³/mol. The van der Waals surface area contributed by atoms with Gasteiger partial charge in [-0.2, -0.15) is 4.99 Å². The molecular formula is C26H22ClN3O2. The smallest absolute Gasteiger partial charge is 0.244 e. The third-order valence-corrected chi connectivity index (χ3v) is 5.29. The van der Waals surface area contributed by atoms with Crippen LogP contribution in [0.25, 0.3) is 5.70 Å². The SMILES string of the molecule is OCc1cccc(C2=C3C=NC=C[NH+]3C(c3cccc(OCc4ccccc4)c3)=N2)c1.[Cl-]. The van der Waals surface area contributed by atoms with Crippen LogP contribution < -0.4 is 22.0 Å². The summed E-state index contributed by atoms with van der Waals surface area (Å²) in [5.74, 6) is 1.70. The van der Waals surface area contributed by atoms with E-state index in [1.165, 1.54) is 0 Å². The second-order valence-corrected chi connectivity index (χ2v) is 7.39. The van der Waals surface area contributed by atoms with E-state index in [9.17, 15) is 5.11 Å². The largest absolute Gasteiger partial charge is 1.00 e. The summed E-state index contributed by atoms with van der Waals surface area (Å²) in [5.41, 5.74) is 5.79. The third-order valence-electron chi connectivity index (χ3n) is 5.29. The average molecular weight is 444 g/mol. The van der Waals surface area contributed by atoms with Crippen LogP contribution in [0.15, 0.2) is 107 Å². The predicted octanol–water partition coefficient (Wildman–Crippen LogP) is 0.331. The molecule has 2 aliphatic heterocycles. The van der Waals surface area contributed by atoms with Crippen molar-refractivity contribution in [1.29, 1.82) is 0 Å². The average Bonchev–Trinajstić information content (AvgIpc) is 3.23. The molecule has 1 unspecified atom stereocenters.